The summed E-state index contributed by atoms with van der Waals surface area (Å²) in [5.74, 6) is -2.16. The monoisotopic (exact) mass is 380 g/mol. The molecule has 0 radical (unpaired) electrons. The van der Waals surface area contributed by atoms with E-state index in [0.29, 0.717) is 17.9 Å². The molecular formula is C23H24O5. The molecule has 146 valence electrons. The molecule has 0 aromatic heterocycles. The zero-order chi connectivity index (χ0) is 20.4. The van der Waals surface area contributed by atoms with E-state index in [1.807, 2.05) is 57.2 Å². The Labute approximate surface area is 164 Å². The Morgan fingerprint density at radius 3 is 2.11 bits per heavy atom. The molecule has 1 fully saturated rings. The molecule has 0 unspecified atom stereocenters. The number of ether oxygens (including phenoxy) is 3. The van der Waals surface area contributed by atoms with Crippen LogP contribution in [-0.2, 0) is 25.7 Å². The number of benzene rings is 2. The van der Waals surface area contributed by atoms with Crippen LogP contribution in [0.25, 0.3) is 6.08 Å². The predicted octanol–water partition coefficient (Wildman–Crippen LogP) is 4.51. The summed E-state index contributed by atoms with van der Waals surface area (Å²) in [5.41, 5.74) is 0.905. The first-order valence-corrected chi connectivity index (χ1v) is 9.14. The normalized spacial score (nSPS) is 19.6. The molecule has 1 saturated heterocycles. The van der Waals surface area contributed by atoms with Gasteiger partial charge in [-0.2, -0.15) is 0 Å². The summed E-state index contributed by atoms with van der Waals surface area (Å²) in [7, 11) is 0. The molecular weight excluding hydrogens is 356 g/mol. The zero-order valence-electron chi connectivity index (χ0n) is 16.5. The van der Waals surface area contributed by atoms with Gasteiger partial charge in [0.15, 0.2) is 0 Å². The smallest absolute Gasteiger partial charge is 0.348 e. The van der Waals surface area contributed by atoms with Crippen LogP contribution >= 0.6 is 0 Å². The van der Waals surface area contributed by atoms with E-state index in [-0.39, 0.29) is 5.57 Å². The van der Waals surface area contributed by atoms with Gasteiger partial charge in [-0.15, -0.1) is 0 Å². The Hall–Kier alpha value is -3.08. The van der Waals surface area contributed by atoms with Gasteiger partial charge >= 0.3 is 11.9 Å². The molecule has 28 heavy (non-hydrogen) atoms. The van der Waals surface area contributed by atoms with E-state index < -0.39 is 23.1 Å². The van der Waals surface area contributed by atoms with Crippen LogP contribution in [0.15, 0.2) is 60.2 Å². The van der Waals surface area contributed by atoms with E-state index in [1.165, 1.54) is 6.08 Å². The van der Waals surface area contributed by atoms with Gasteiger partial charge in [0.2, 0.25) is 0 Å². The van der Waals surface area contributed by atoms with Crippen molar-refractivity contribution in [2.45, 2.75) is 40.1 Å². The molecule has 0 atom stereocenters. The van der Waals surface area contributed by atoms with Crippen LogP contribution in [-0.4, -0.2) is 17.7 Å². The number of hydrogen-bond acceptors (Lipinski definition) is 5. The van der Waals surface area contributed by atoms with Crippen molar-refractivity contribution in [1.82, 2.24) is 0 Å². The van der Waals surface area contributed by atoms with E-state index in [1.54, 1.807) is 25.1 Å². The fraction of sp³-hybridized carbons (Fsp3) is 0.304. The summed E-state index contributed by atoms with van der Waals surface area (Å²) < 4.78 is 16.8. The summed E-state index contributed by atoms with van der Waals surface area (Å²) in [4.78, 5) is 25.1. The van der Waals surface area contributed by atoms with E-state index in [4.69, 9.17) is 14.2 Å². The lowest BCUT2D eigenvalue weighted by atomic mass is 9.85. The van der Waals surface area contributed by atoms with Crippen LogP contribution in [0, 0.1) is 5.41 Å². The molecule has 5 heteroatoms. The fourth-order valence-corrected chi connectivity index (χ4v) is 2.61. The van der Waals surface area contributed by atoms with Gasteiger partial charge in [-0.3, -0.25) is 0 Å². The maximum absolute atomic E-state index is 12.5. The van der Waals surface area contributed by atoms with Crippen LogP contribution in [0.3, 0.4) is 0 Å². The van der Waals surface area contributed by atoms with Crippen molar-refractivity contribution < 1.29 is 23.8 Å². The summed E-state index contributed by atoms with van der Waals surface area (Å²) in [5, 5.41) is 0. The third-order valence-electron chi connectivity index (χ3n) is 4.83. The molecule has 2 aromatic carbocycles. The van der Waals surface area contributed by atoms with Gasteiger partial charge in [-0.25, -0.2) is 9.59 Å². The van der Waals surface area contributed by atoms with Crippen molar-refractivity contribution >= 4 is 18.0 Å². The number of cyclic esters (lactones) is 2. The standard InChI is InChI=1S/C23H24O5/c1-22(2,3)23(4)27-20(24)18(21(25)28-23)14-17-12-8-9-13-19(17)26-15-16-10-6-5-7-11-16/h5-14H,15H2,1-4H3. The second-order valence-electron chi connectivity index (χ2n) is 7.84. The lowest BCUT2D eigenvalue weighted by Gasteiger charge is -2.42. The van der Waals surface area contributed by atoms with Gasteiger partial charge in [-0.1, -0.05) is 69.3 Å². The SMILES string of the molecule is CC(C)(C)C1(C)OC(=O)C(=Cc2ccccc2OCc2ccccc2)C(=O)O1. The van der Waals surface area contributed by atoms with Gasteiger partial charge in [0.05, 0.1) is 0 Å². The molecule has 0 bridgehead atoms. The predicted molar refractivity (Wildman–Crippen MR) is 105 cm³/mol. The molecule has 0 N–H and O–H groups in total. The van der Waals surface area contributed by atoms with Crippen molar-refractivity contribution in [1.29, 1.82) is 0 Å². The third kappa shape index (κ3) is 4.09. The number of hydrogen-bond donors (Lipinski definition) is 0. The number of para-hydroxylation sites is 1. The zero-order valence-corrected chi connectivity index (χ0v) is 16.5. The van der Waals surface area contributed by atoms with Crippen molar-refractivity contribution in [2.24, 2.45) is 5.41 Å². The second kappa shape index (κ2) is 7.50. The molecule has 0 amide bonds. The minimum Gasteiger partial charge on any atom is -0.488 e. The molecule has 3 rings (SSSR count). The number of carbonyl (C=O) groups excluding carboxylic acids is 2. The maximum atomic E-state index is 12.5. The van der Waals surface area contributed by atoms with E-state index >= 15 is 0 Å². The molecule has 1 aliphatic heterocycles. The molecule has 1 heterocycles. The highest BCUT2D eigenvalue weighted by molar-refractivity contribution is 6.19. The Kier molecular flexibility index (Phi) is 5.27. The first-order chi connectivity index (χ1) is 13.2. The van der Waals surface area contributed by atoms with Gasteiger partial charge in [0, 0.05) is 17.9 Å². The van der Waals surface area contributed by atoms with E-state index in [2.05, 4.69) is 0 Å². The third-order valence-corrected chi connectivity index (χ3v) is 4.83. The van der Waals surface area contributed by atoms with Crippen LogP contribution < -0.4 is 4.74 Å². The number of carbonyl (C=O) groups is 2. The Balaban J connectivity index is 1.84. The summed E-state index contributed by atoms with van der Waals surface area (Å²) >= 11 is 0. The Morgan fingerprint density at radius 2 is 1.50 bits per heavy atom. The molecule has 5 nitrogen and oxygen atoms in total. The van der Waals surface area contributed by atoms with Crippen LogP contribution in [0.1, 0.15) is 38.8 Å². The second-order valence-corrected chi connectivity index (χ2v) is 7.84. The topological polar surface area (TPSA) is 61.8 Å². The van der Waals surface area contributed by atoms with Gasteiger partial charge in [0.1, 0.15) is 17.9 Å². The van der Waals surface area contributed by atoms with Crippen LogP contribution in [0.2, 0.25) is 0 Å². The van der Waals surface area contributed by atoms with Crippen molar-refractivity contribution in [3.8, 4) is 5.75 Å². The minimum absolute atomic E-state index is 0.155. The van der Waals surface area contributed by atoms with Crippen LogP contribution in [0.5, 0.6) is 5.75 Å². The summed E-state index contributed by atoms with van der Waals surface area (Å²) in [6, 6.07) is 16.9. The van der Waals surface area contributed by atoms with E-state index in [0.717, 1.165) is 5.56 Å². The fourth-order valence-electron chi connectivity index (χ4n) is 2.61. The Bertz CT molecular complexity index is 886. The minimum atomic E-state index is -1.32. The Morgan fingerprint density at radius 1 is 0.929 bits per heavy atom. The van der Waals surface area contributed by atoms with Gasteiger partial charge in [-0.05, 0) is 17.7 Å². The van der Waals surface area contributed by atoms with Crippen molar-refractivity contribution in [3.63, 3.8) is 0 Å². The lowest BCUT2D eigenvalue weighted by Crippen LogP contribution is -2.52. The van der Waals surface area contributed by atoms with Crippen molar-refractivity contribution in [2.75, 3.05) is 0 Å². The average molecular weight is 380 g/mol. The van der Waals surface area contributed by atoms with Gasteiger partial charge < -0.3 is 14.2 Å². The first-order valence-electron chi connectivity index (χ1n) is 9.14. The summed E-state index contributed by atoms with van der Waals surface area (Å²) in [6.45, 7) is 7.49. The lowest BCUT2D eigenvalue weighted by molar-refractivity contribution is -0.261. The average Bonchev–Trinajstić information content (AvgIpc) is 2.64. The molecule has 0 saturated carbocycles. The highest BCUT2D eigenvalue weighted by atomic mass is 16.7. The highest BCUT2D eigenvalue weighted by Gasteiger charge is 2.50. The first kappa shape index (κ1) is 19.7. The number of esters is 2. The van der Waals surface area contributed by atoms with Gasteiger partial charge in [0.25, 0.3) is 5.79 Å². The molecule has 2 aromatic rings. The summed E-state index contributed by atoms with van der Waals surface area (Å²) in [6.07, 6.45) is 1.45. The molecule has 1 aliphatic rings. The highest BCUT2D eigenvalue weighted by Crippen LogP contribution is 2.39. The van der Waals surface area contributed by atoms with Crippen LogP contribution in [0.4, 0.5) is 0 Å². The molecule has 0 spiro atoms. The number of rotatable bonds is 4. The van der Waals surface area contributed by atoms with E-state index in [9.17, 15) is 9.59 Å². The largest absolute Gasteiger partial charge is 0.488 e. The molecule has 0 aliphatic carbocycles. The maximum Gasteiger partial charge on any atom is 0.348 e. The quantitative estimate of drug-likeness (QED) is 0.444. The van der Waals surface area contributed by atoms with Crippen molar-refractivity contribution in [3.05, 3.63) is 71.3 Å².